The summed E-state index contributed by atoms with van der Waals surface area (Å²) < 4.78 is 30.3. The third kappa shape index (κ3) is 5.67. The first kappa shape index (κ1) is 25.4. The Morgan fingerprint density at radius 2 is 1.67 bits per heavy atom. The first-order chi connectivity index (χ1) is 15.4. The van der Waals surface area contributed by atoms with Gasteiger partial charge in [0.2, 0.25) is 0 Å². The van der Waals surface area contributed by atoms with E-state index in [2.05, 4.69) is 51.7 Å². The number of sulfone groups is 1. The molecule has 0 radical (unpaired) electrons. The van der Waals surface area contributed by atoms with Crippen molar-refractivity contribution in [3.05, 3.63) is 64.2 Å². The van der Waals surface area contributed by atoms with Gasteiger partial charge >= 0.3 is 0 Å². The molecule has 1 aliphatic rings. The molecule has 0 spiro atoms. The van der Waals surface area contributed by atoms with Crippen LogP contribution in [0.4, 0.5) is 5.69 Å². The molecule has 6 heteroatoms. The maximum absolute atomic E-state index is 13.0. The minimum Gasteiger partial charge on any atom is -0.372 e. The highest BCUT2D eigenvalue weighted by Gasteiger charge is 2.30. The van der Waals surface area contributed by atoms with Crippen molar-refractivity contribution < 1.29 is 17.9 Å². The van der Waals surface area contributed by atoms with E-state index in [0.717, 1.165) is 17.7 Å². The number of carbonyl (C=O) groups excluding carboxylic acids is 1. The summed E-state index contributed by atoms with van der Waals surface area (Å²) in [5, 5.41) is -0.417. The fourth-order valence-corrected chi connectivity index (χ4v) is 5.35. The Bertz CT molecular complexity index is 1110. The van der Waals surface area contributed by atoms with Gasteiger partial charge < -0.3 is 9.64 Å². The van der Waals surface area contributed by atoms with E-state index < -0.39 is 15.1 Å². The maximum Gasteiger partial charge on any atom is 0.167 e. The smallest absolute Gasteiger partial charge is 0.167 e. The van der Waals surface area contributed by atoms with Crippen LogP contribution in [0.25, 0.3) is 0 Å². The monoisotopic (exact) mass is 471 g/mol. The number of morpholine rings is 1. The van der Waals surface area contributed by atoms with Crippen LogP contribution in [0, 0.1) is 13.8 Å². The number of anilines is 1. The summed E-state index contributed by atoms with van der Waals surface area (Å²) in [6.07, 6.45) is 0.658. The Hall–Kier alpha value is -2.18. The first-order valence-corrected chi connectivity index (χ1v) is 13.5. The molecule has 0 amide bonds. The van der Waals surface area contributed by atoms with Crippen LogP contribution in [0.3, 0.4) is 0 Å². The molecule has 0 aliphatic carbocycles. The van der Waals surface area contributed by atoms with Gasteiger partial charge in [0.05, 0.1) is 29.3 Å². The lowest BCUT2D eigenvalue weighted by atomic mass is 9.94. The molecule has 3 atom stereocenters. The first-order valence-electron chi connectivity index (χ1n) is 11.8. The second-order valence-corrected chi connectivity index (χ2v) is 12.2. The summed E-state index contributed by atoms with van der Waals surface area (Å²) >= 11 is 0. The van der Waals surface area contributed by atoms with Gasteiger partial charge in [-0.3, -0.25) is 4.79 Å². The van der Waals surface area contributed by atoms with Crippen molar-refractivity contribution in [2.75, 3.05) is 11.4 Å². The third-order valence-corrected chi connectivity index (χ3v) is 9.14. The van der Waals surface area contributed by atoms with Gasteiger partial charge in [0.25, 0.3) is 0 Å². The van der Waals surface area contributed by atoms with E-state index in [9.17, 15) is 13.2 Å². The molecule has 0 N–H and O–H groups in total. The molecule has 1 unspecified atom stereocenters. The molecule has 1 heterocycles. The summed E-state index contributed by atoms with van der Waals surface area (Å²) in [4.78, 5) is 15.4. The average molecular weight is 472 g/mol. The second-order valence-electron chi connectivity index (χ2n) is 9.69. The van der Waals surface area contributed by atoms with E-state index in [1.54, 1.807) is 38.1 Å². The Labute approximate surface area is 199 Å². The zero-order valence-corrected chi connectivity index (χ0v) is 21.7. The van der Waals surface area contributed by atoms with Crippen LogP contribution in [-0.2, 0) is 26.7 Å². The number of rotatable bonds is 7. The number of carbonyl (C=O) groups is 1. The fraction of sp³-hybridized carbons (Fsp3) is 0.519. The van der Waals surface area contributed by atoms with Crippen LogP contribution < -0.4 is 4.90 Å². The number of Topliss-reactive ketones (excluding diaryl/α,β-unsaturated/α-hetero) is 1. The Morgan fingerprint density at radius 1 is 1.03 bits per heavy atom. The standard InChI is InChI=1S/C27H37NO4S/c1-17(2)33(30,31)16-23-8-10-24(11-9-23)27(29)14-25-12-13-26(20(5)19(25)4)28-15-18(3)32-22(7)21(28)6/h8-13,17-18,21-22H,14-16H2,1-7H3/t18-,21?,22+/m0/s1. The van der Waals surface area contributed by atoms with Gasteiger partial charge in [0.15, 0.2) is 15.6 Å². The second kappa shape index (κ2) is 9.98. The highest BCUT2D eigenvalue weighted by atomic mass is 32.2. The number of hydrogen-bond acceptors (Lipinski definition) is 5. The van der Waals surface area contributed by atoms with E-state index in [0.29, 0.717) is 17.5 Å². The largest absolute Gasteiger partial charge is 0.372 e. The summed E-state index contributed by atoms with van der Waals surface area (Å²) in [7, 11) is -3.16. The third-order valence-electron chi connectivity index (χ3n) is 6.96. The van der Waals surface area contributed by atoms with Crippen molar-refractivity contribution in [2.24, 2.45) is 0 Å². The highest BCUT2D eigenvalue weighted by Crippen LogP contribution is 2.31. The molecule has 1 fully saturated rings. The van der Waals surface area contributed by atoms with Gasteiger partial charge in [-0.15, -0.1) is 0 Å². The SMILES string of the molecule is Cc1c(CC(=O)c2ccc(CS(=O)(=O)C(C)C)cc2)ccc(N2C[C@H](C)O[C@H](C)C2C)c1C. The molecule has 5 nitrogen and oxygen atoms in total. The topological polar surface area (TPSA) is 63.7 Å². The Balaban J connectivity index is 1.76. The summed E-state index contributed by atoms with van der Waals surface area (Å²) in [5.74, 6) is 0.0290. The molecule has 0 aromatic heterocycles. The zero-order valence-electron chi connectivity index (χ0n) is 20.9. The predicted molar refractivity (Wildman–Crippen MR) is 135 cm³/mol. The molecular weight excluding hydrogens is 434 g/mol. The summed E-state index contributed by atoms with van der Waals surface area (Å²) in [5.41, 5.74) is 5.87. The average Bonchev–Trinajstić information content (AvgIpc) is 2.74. The minimum absolute atomic E-state index is 0.00387. The van der Waals surface area contributed by atoms with E-state index in [-0.39, 0.29) is 29.8 Å². The van der Waals surface area contributed by atoms with E-state index in [1.807, 2.05) is 0 Å². The Morgan fingerprint density at radius 3 is 2.27 bits per heavy atom. The molecule has 2 aromatic rings. The lowest BCUT2D eigenvalue weighted by Crippen LogP contribution is -2.52. The van der Waals surface area contributed by atoms with Crippen molar-refractivity contribution in [1.29, 1.82) is 0 Å². The van der Waals surface area contributed by atoms with Crippen molar-refractivity contribution in [2.45, 2.75) is 84.1 Å². The van der Waals surface area contributed by atoms with Gasteiger partial charge in [-0.05, 0) is 76.8 Å². The van der Waals surface area contributed by atoms with Crippen molar-refractivity contribution in [3.63, 3.8) is 0 Å². The van der Waals surface area contributed by atoms with Crippen LogP contribution in [-0.4, -0.2) is 44.2 Å². The maximum atomic E-state index is 13.0. The van der Waals surface area contributed by atoms with E-state index in [4.69, 9.17) is 4.74 Å². The number of ether oxygens (including phenoxy) is 1. The van der Waals surface area contributed by atoms with E-state index >= 15 is 0 Å². The van der Waals surface area contributed by atoms with Gasteiger partial charge in [0, 0.05) is 24.2 Å². The molecule has 1 saturated heterocycles. The number of nitrogens with zero attached hydrogens (tertiary/aromatic N) is 1. The van der Waals surface area contributed by atoms with Crippen LogP contribution >= 0.6 is 0 Å². The Kier molecular flexibility index (Phi) is 7.69. The van der Waals surface area contributed by atoms with Crippen molar-refractivity contribution in [1.82, 2.24) is 0 Å². The number of benzene rings is 2. The van der Waals surface area contributed by atoms with Crippen LogP contribution in [0.2, 0.25) is 0 Å². The summed E-state index contributed by atoms with van der Waals surface area (Å²) in [6, 6.07) is 11.4. The molecular formula is C27H37NO4S. The van der Waals surface area contributed by atoms with Gasteiger partial charge in [-0.2, -0.15) is 0 Å². The van der Waals surface area contributed by atoms with Crippen LogP contribution in [0.1, 0.15) is 67.2 Å². The molecule has 0 saturated carbocycles. The zero-order chi connectivity index (χ0) is 24.5. The summed E-state index contributed by atoms with van der Waals surface area (Å²) in [6.45, 7) is 14.8. The molecule has 3 rings (SSSR count). The van der Waals surface area contributed by atoms with Crippen LogP contribution in [0.15, 0.2) is 36.4 Å². The lowest BCUT2D eigenvalue weighted by Gasteiger charge is -2.43. The highest BCUT2D eigenvalue weighted by molar-refractivity contribution is 7.91. The number of hydrogen-bond donors (Lipinski definition) is 0. The lowest BCUT2D eigenvalue weighted by molar-refractivity contribution is -0.0258. The molecule has 180 valence electrons. The molecule has 33 heavy (non-hydrogen) atoms. The normalized spacial score (nSPS) is 21.5. The fourth-order valence-electron chi connectivity index (χ4n) is 4.36. The molecule has 1 aliphatic heterocycles. The predicted octanol–water partition coefficient (Wildman–Crippen LogP) is 5.05. The van der Waals surface area contributed by atoms with Crippen molar-refractivity contribution >= 4 is 21.3 Å². The molecule has 0 bridgehead atoms. The van der Waals surface area contributed by atoms with Crippen molar-refractivity contribution in [3.8, 4) is 0 Å². The quantitative estimate of drug-likeness (QED) is 0.529. The number of ketones is 1. The van der Waals surface area contributed by atoms with Gasteiger partial charge in [-0.25, -0.2) is 8.42 Å². The van der Waals surface area contributed by atoms with E-state index in [1.165, 1.54) is 11.3 Å². The molecule has 2 aromatic carbocycles. The van der Waals surface area contributed by atoms with Gasteiger partial charge in [0.1, 0.15) is 0 Å². The van der Waals surface area contributed by atoms with Gasteiger partial charge in [-0.1, -0.05) is 30.3 Å². The minimum atomic E-state index is -3.16. The van der Waals surface area contributed by atoms with Crippen LogP contribution in [0.5, 0.6) is 0 Å².